The number of amides is 3. The summed E-state index contributed by atoms with van der Waals surface area (Å²) in [5.41, 5.74) is 4.94. The van der Waals surface area contributed by atoms with Crippen molar-refractivity contribution in [1.29, 1.82) is 0 Å². The summed E-state index contributed by atoms with van der Waals surface area (Å²) in [4.78, 5) is 56.6. The highest BCUT2D eigenvalue weighted by Crippen LogP contribution is 2.33. The van der Waals surface area contributed by atoms with Crippen LogP contribution in [0.1, 0.15) is 54.3 Å². The highest BCUT2D eigenvalue weighted by atomic mass is 19.1. The van der Waals surface area contributed by atoms with Gasteiger partial charge in [0, 0.05) is 87.7 Å². The van der Waals surface area contributed by atoms with Crippen LogP contribution in [0, 0.1) is 18.7 Å². The molecule has 3 aliphatic heterocycles. The van der Waals surface area contributed by atoms with Gasteiger partial charge in [0.1, 0.15) is 17.4 Å². The second-order valence-corrected chi connectivity index (χ2v) is 15.8. The van der Waals surface area contributed by atoms with Crippen LogP contribution in [0.3, 0.4) is 0 Å². The number of anilines is 2. The number of likely N-dealkylation sites (N-methyl/N-ethyl adjacent to an activating group) is 1. The van der Waals surface area contributed by atoms with Gasteiger partial charge in [0.25, 0.3) is 11.5 Å². The molecule has 0 radical (unpaired) electrons. The molecule has 3 aromatic carbocycles. The van der Waals surface area contributed by atoms with Crippen molar-refractivity contribution in [3.8, 4) is 0 Å². The van der Waals surface area contributed by atoms with Gasteiger partial charge < -0.3 is 25.8 Å². The molecule has 0 bridgehead atoms. The molecule has 3 aliphatic rings. The predicted molar refractivity (Wildman–Crippen MR) is 218 cm³/mol. The Morgan fingerprint density at radius 2 is 1.74 bits per heavy atom. The van der Waals surface area contributed by atoms with Crippen LogP contribution in [-0.2, 0) is 20.9 Å². The summed E-state index contributed by atoms with van der Waals surface area (Å²) in [7, 11) is 4.25. The number of hydrogen-bond donors (Lipinski definition) is 4. The minimum absolute atomic E-state index is 0.0291. The Hall–Kier alpha value is -5.25. The highest BCUT2D eigenvalue weighted by molar-refractivity contribution is 5.99. The zero-order valence-electron chi connectivity index (χ0n) is 33.0. The number of benzene rings is 3. The second kappa shape index (κ2) is 17.9. The smallest absolute Gasteiger partial charge is 0.278 e. The van der Waals surface area contributed by atoms with Crippen LogP contribution in [0.15, 0.2) is 65.5 Å². The molecule has 0 spiro atoms. The lowest BCUT2D eigenvalue weighted by atomic mass is 9.93. The number of fused-ring (bicyclic) bond motifs is 1. The van der Waals surface area contributed by atoms with Crippen molar-refractivity contribution in [3.63, 3.8) is 0 Å². The van der Waals surface area contributed by atoms with E-state index in [1.165, 1.54) is 5.56 Å². The molecule has 3 amide bonds. The van der Waals surface area contributed by atoms with Crippen molar-refractivity contribution >= 4 is 40.0 Å². The van der Waals surface area contributed by atoms with E-state index in [2.05, 4.69) is 79.7 Å². The molecule has 14 nitrogen and oxygen atoms in total. The normalized spacial score (nSPS) is 20.2. The third-order valence-corrected chi connectivity index (χ3v) is 11.6. The maximum atomic E-state index is 14.6. The van der Waals surface area contributed by atoms with Crippen LogP contribution in [0.5, 0.6) is 0 Å². The van der Waals surface area contributed by atoms with Gasteiger partial charge in [0.05, 0.1) is 11.3 Å². The zero-order valence-corrected chi connectivity index (χ0v) is 33.0. The van der Waals surface area contributed by atoms with Gasteiger partial charge in [-0.3, -0.25) is 29.4 Å². The third-order valence-electron chi connectivity index (χ3n) is 11.6. The minimum Gasteiger partial charge on any atom is -0.384 e. The molecule has 0 aliphatic carbocycles. The molecule has 302 valence electrons. The molecule has 4 heterocycles. The number of nitrogens with one attached hydrogen (secondary N) is 4. The molecule has 15 heteroatoms. The number of aryl methyl sites for hydroxylation is 1. The molecular weight excluding hydrogens is 728 g/mol. The fourth-order valence-corrected chi connectivity index (χ4v) is 8.15. The number of carbonyl (C=O) groups excluding carboxylic acids is 3. The number of carbonyl (C=O) groups is 3. The van der Waals surface area contributed by atoms with Crippen molar-refractivity contribution in [3.05, 3.63) is 93.5 Å². The number of unbranched alkanes of at least 4 members (excludes halogenated alkanes) is 1. The summed E-state index contributed by atoms with van der Waals surface area (Å²) in [6.07, 6.45) is 2.15. The number of aromatic nitrogens is 3. The number of hydrogen-bond acceptors (Lipinski definition) is 11. The van der Waals surface area contributed by atoms with Crippen molar-refractivity contribution in [2.45, 2.75) is 57.2 Å². The Labute approximate surface area is 332 Å². The lowest BCUT2D eigenvalue weighted by molar-refractivity contribution is -0.136. The fourth-order valence-electron chi connectivity index (χ4n) is 8.15. The molecular formula is C42H53FN10O4. The van der Waals surface area contributed by atoms with Crippen molar-refractivity contribution in [2.75, 3.05) is 76.7 Å². The first-order valence-corrected chi connectivity index (χ1v) is 20.0. The molecule has 1 aromatic heterocycles. The molecule has 3 saturated heterocycles. The van der Waals surface area contributed by atoms with Crippen LogP contribution < -0.4 is 31.7 Å². The molecule has 3 atom stereocenters. The monoisotopic (exact) mass is 780 g/mol. The number of halogens is 1. The second-order valence-electron chi connectivity index (χ2n) is 15.8. The standard InChI is InChI=1S/C42H53FN10O4/c1-27-7-6-8-35(43)33(27)24-51-25-34(38(26-51)50(2)3)28-9-11-30(12-10-28)45-20-19-44-17-4-5-18-46-40(55)29-22-52(23-29)31-13-14-36-32(21-31)42(57)53(49-48-36)37-15-16-39(54)47-41(37)56/h6-14,21,29,34,37-38,44-45H,4-5,15-20,22-26H2,1-3H3,(H,46,55)(H,47,54,56)/t34?,37?,38-/m0/s1. The number of rotatable bonds is 16. The maximum absolute atomic E-state index is 14.6. The fraction of sp³-hybridized carbons (Fsp3) is 0.476. The summed E-state index contributed by atoms with van der Waals surface area (Å²) < 4.78 is 15.6. The van der Waals surface area contributed by atoms with Gasteiger partial charge in [-0.15, -0.1) is 5.10 Å². The highest BCUT2D eigenvalue weighted by Gasteiger charge is 2.36. The van der Waals surface area contributed by atoms with Crippen LogP contribution in [0.4, 0.5) is 15.8 Å². The van der Waals surface area contributed by atoms with E-state index in [0.29, 0.717) is 49.0 Å². The zero-order chi connectivity index (χ0) is 40.1. The molecule has 4 aromatic rings. The van der Waals surface area contributed by atoms with Gasteiger partial charge in [-0.05, 0) is 94.4 Å². The molecule has 4 N–H and O–H groups in total. The van der Waals surface area contributed by atoms with E-state index in [4.69, 9.17) is 0 Å². The van der Waals surface area contributed by atoms with Gasteiger partial charge in [0.2, 0.25) is 11.8 Å². The minimum atomic E-state index is -0.881. The Kier molecular flexibility index (Phi) is 12.6. The van der Waals surface area contributed by atoms with E-state index in [0.717, 1.165) is 72.7 Å². The van der Waals surface area contributed by atoms with Gasteiger partial charge in [-0.1, -0.05) is 29.5 Å². The van der Waals surface area contributed by atoms with Gasteiger partial charge in [-0.2, -0.15) is 4.68 Å². The molecule has 57 heavy (non-hydrogen) atoms. The summed E-state index contributed by atoms with van der Waals surface area (Å²) in [5.74, 6) is -0.805. The number of likely N-dealkylation sites (tertiary alicyclic amines) is 1. The van der Waals surface area contributed by atoms with Crippen molar-refractivity contribution < 1.29 is 18.8 Å². The van der Waals surface area contributed by atoms with E-state index in [-0.39, 0.29) is 36.4 Å². The van der Waals surface area contributed by atoms with E-state index in [1.54, 1.807) is 24.3 Å². The Balaban J connectivity index is 0.771. The summed E-state index contributed by atoms with van der Waals surface area (Å²) in [5, 5.41) is 20.7. The predicted octanol–water partition coefficient (Wildman–Crippen LogP) is 2.78. The summed E-state index contributed by atoms with van der Waals surface area (Å²) in [6.45, 7) is 8.59. The topological polar surface area (TPSA) is 157 Å². The first-order chi connectivity index (χ1) is 27.5. The van der Waals surface area contributed by atoms with E-state index in [9.17, 15) is 23.6 Å². The van der Waals surface area contributed by atoms with E-state index < -0.39 is 17.5 Å². The van der Waals surface area contributed by atoms with Gasteiger partial charge >= 0.3 is 0 Å². The summed E-state index contributed by atoms with van der Waals surface area (Å²) >= 11 is 0. The average Bonchev–Trinajstić information content (AvgIpc) is 3.60. The maximum Gasteiger partial charge on any atom is 0.278 e. The summed E-state index contributed by atoms with van der Waals surface area (Å²) in [6, 6.07) is 18.8. The van der Waals surface area contributed by atoms with Gasteiger partial charge in [-0.25, -0.2) is 4.39 Å². The Morgan fingerprint density at radius 3 is 2.49 bits per heavy atom. The lowest BCUT2D eigenvalue weighted by Gasteiger charge is -2.40. The lowest BCUT2D eigenvalue weighted by Crippen LogP contribution is -2.54. The van der Waals surface area contributed by atoms with Crippen LogP contribution in [0.2, 0.25) is 0 Å². The molecule has 0 saturated carbocycles. The van der Waals surface area contributed by atoms with Crippen LogP contribution in [-0.4, -0.2) is 115 Å². The first-order valence-electron chi connectivity index (χ1n) is 20.0. The average molecular weight is 781 g/mol. The van der Waals surface area contributed by atoms with Crippen LogP contribution in [0.25, 0.3) is 10.9 Å². The third kappa shape index (κ3) is 9.32. The number of imide groups is 1. The molecule has 7 rings (SSSR count). The number of piperidine rings is 1. The Morgan fingerprint density at radius 1 is 0.947 bits per heavy atom. The largest absolute Gasteiger partial charge is 0.384 e. The SMILES string of the molecule is Cc1cccc(F)c1CN1CC(c2ccc(NCCNCCCCNC(=O)C3CN(c4ccc5nnn(C6CCC(=O)NC6=O)c(=O)c5c4)C3)cc2)[C@@H](N(C)C)C1. The molecule has 3 fully saturated rings. The van der Waals surface area contributed by atoms with Crippen LogP contribution >= 0.6 is 0 Å². The first kappa shape index (κ1) is 40.0. The molecule has 2 unspecified atom stereocenters. The van der Waals surface area contributed by atoms with E-state index in [1.807, 2.05) is 24.0 Å². The van der Waals surface area contributed by atoms with E-state index >= 15 is 0 Å². The van der Waals surface area contributed by atoms with Crippen molar-refractivity contribution in [2.24, 2.45) is 5.92 Å². The van der Waals surface area contributed by atoms with Gasteiger partial charge in [0.15, 0.2) is 0 Å². The van der Waals surface area contributed by atoms with Crippen molar-refractivity contribution in [1.82, 2.24) is 40.7 Å². The number of nitrogens with zero attached hydrogens (tertiary/aromatic N) is 6. The quantitative estimate of drug-likeness (QED) is 0.0980. The Bertz CT molecular complexity index is 2120.